The lowest BCUT2D eigenvalue weighted by Gasteiger charge is -2.41. The first kappa shape index (κ1) is 26.1. The minimum atomic E-state index is -2.02. The summed E-state index contributed by atoms with van der Waals surface area (Å²) in [6, 6.07) is 7.82. The highest BCUT2D eigenvalue weighted by Gasteiger charge is 2.53. The molecule has 1 aliphatic rings. The van der Waals surface area contributed by atoms with Crippen molar-refractivity contribution in [3.8, 4) is 5.75 Å². The molecule has 0 saturated heterocycles. The van der Waals surface area contributed by atoms with Gasteiger partial charge in [-0.25, -0.2) is 0 Å². The first-order chi connectivity index (χ1) is 14.3. The third-order valence-electron chi connectivity index (χ3n) is 6.94. The van der Waals surface area contributed by atoms with E-state index in [0.29, 0.717) is 19.6 Å². The van der Waals surface area contributed by atoms with Gasteiger partial charge in [0.15, 0.2) is 8.32 Å². The van der Waals surface area contributed by atoms with Crippen molar-refractivity contribution in [2.45, 2.75) is 77.5 Å². The first-order valence-corrected chi connectivity index (χ1v) is 14.1. The minimum absolute atomic E-state index is 0.0808. The fraction of sp³-hybridized carbons (Fsp3) is 0.680. The van der Waals surface area contributed by atoms with Gasteiger partial charge in [0.1, 0.15) is 5.75 Å². The van der Waals surface area contributed by atoms with Crippen LogP contribution in [0.25, 0.3) is 0 Å². The van der Waals surface area contributed by atoms with E-state index < -0.39 is 13.9 Å². The standard InChI is InChI=1S/C25H42O5Si/c1-18(15-29-16-20-9-11-21(28-6)12-10-20)13-22-23(19(2)14-25(22,27)17-26)30-31(7,8)24(3,4)5/h9-13,19,22-23,26-27H,14-17H2,1-8H3/b18-13+/t19-,22-,23+,25-/m0/s1. The van der Waals surface area contributed by atoms with E-state index in [1.807, 2.05) is 31.2 Å². The Morgan fingerprint density at radius 3 is 2.35 bits per heavy atom. The molecule has 2 N–H and O–H groups in total. The molecule has 0 amide bonds. The highest BCUT2D eigenvalue weighted by Crippen LogP contribution is 2.47. The van der Waals surface area contributed by atoms with Crippen LogP contribution in [-0.4, -0.2) is 50.6 Å². The zero-order valence-corrected chi connectivity index (χ0v) is 21.6. The molecule has 5 nitrogen and oxygen atoms in total. The van der Waals surface area contributed by atoms with Crippen molar-refractivity contribution in [3.05, 3.63) is 41.5 Å². The van der Waals surface area contributed by atoms with Crippen molar-refractivity contribution in [1.82, 2.24) is 0 Å². The molecule has 0 aliphatic heterocycles. The summed E-state index contributed by atoms with van der Waals surface area (Å²) in [5.41, 5.74) is 0.946. The molecule has 31 heavy (non-hydrogen) atoms. The summed E-state index contributed by atoms with van der Waals surface area (Å²) in [4.78, 5) is 0. The third-order valence-corrected chi connectivity index (χ3v) is 11.4. The van der Waals surface area contributed by atoms with E-state index in [-0.39, 0.29) is 29.6 Å². The number of benzene rings is 1. The molecule has 0 heterocycles. The van der Waals surface area contributed by atoms with Gasteiger partial charge in [0.2, 0.25) is 0 Å². The predicted octanol–water partition coefficient (Wildman–Crippen LogP) is 4.93. The normalized spacial score (nSPS) is 27.5. The van der Waals surface area contributed by atoms with Crippen LogP contribution >= 0.6 is 0 Å². The average molecular weight is 451 g/mol. The predicted molar refractivity (Wildman–Crippen MR) is 128 cm³/mol. The molecule has 1 aromatic rings. The van der Waals surface area contributed by atoms with Crippen LogP contribution in [0.1, 0.15) is 46.6 Å². The first-order valence-electron chi connectivity index (χ1n) is 11.2. The van der Waals surface area contributed by atoms with E-state index in [1.54, 1.807) is 7.11 Å². The van der Waals surface area contributed by atoms with E-state index in [2.05, 4.69) is 46.9 Å². The van der Waals surface area contributed by atoms with Gasteiger partial charge in [-0.15, -0.1) is 0 Å². The Labute approximate surface area is 189 Å². The fourth-order valence-corrected chi connectivity index (χ4v) is 5.42. The van der Waals surface area contributed by atoms with Crippen molar-refractivity contribution < 1.29 is 24.1 Å². The molecule has 176 valence electrons. The molecule has 1 fully saturated rings. The highest BCUT2D eigenvalue weighted by atomic mass is 28.4. The summed E-state index contributed by atoms with van der Waals surface area (Å²) in [6.07, 6.45) is 2.48. The number of aliphatic hydroxyl groups excluding tert-OH is 1. The van der Waals surface area contributed by atoms with Gasteiger partial charge < -0.3 is 24.1 Å². The Hall–Kier alpha value is -1.18. The van der Waals surface area contributed by atoms with Crippen LogP contribution in [-0.2, 0) is 15.8 Å². The molecular weight excluding hydrogens is 408 g/mol. The van der Waals surface area contributed by atoms with Gasteiger partial charge >= 0.3 is 0 Å². The van der Waals surface area contributed by atoms with Gasteiger partial charge in [-0.1, -0.05) is 51.5 Å². The molecule has 0 unspecified atom stereocenters. The Bertz CT molecular complexity index is 737. The number of methoxy groups -OCH3 is 1. The van der Waals surface area contributed by atoms with Crippen LogP contribution in [0.4, 0.5) is 0 Å². The van der Waals surface area contributed by atoms with Crippen LogP contribution in [0.2, 0.25) is 18.1 Å². The summed E-state index contributed by atoms with van der Waals surface area (Å²) < 4.78 is 17.8. The summed E-state index contributed by atoms with van der Waals surface area (Å²) in [5, 5.41) is 21.3. The summed E-state index contributed by atoms with van der Waals surface area (Å²) >= 11 is 0. The second-order valence-corrected chi connectivity index (χ2v) is 15.4. The maximum absolute atomic E-state index is 11.2. The number of hydrogen-bond acceptors (Lipinski definition) is 5. The topological polar surface area (TPSA) is 68.2 Å². The Balaban J connectivity index is 2.11. The SMILES string of the molecule is COc1ccc(COC/C(C)=C/[C@H]2[C@H](O[Si](C)(C)C(C)(C)C)[C@@H](C)C[C@]2(O)CO)cc1. The molecular formula is C25H42O5Si. The van der Waals surface area contributed by atoms with Crippen molar-refractivity contribution in [2.75, 3.05) is 20.3 Å². The van der Waals surface area contributed by atoms with Crippen LogP contribution in [0.15, 0.2) is 35.9 Å². The van der Waals surface area contributed by atoms with Crippen molar-refractivity contribution in [1.29, 1.82) is 0 Å². The van der Waals surface area contributed by atoms with Gasteiger partial charge in [-0.2, -0.15) is 0 Å². The van der Waals surface area contributed by atoms with E-state index in [9.17, 15) is 10.2 Å². The minimum Gasteiger partial charge on any atom is -0.497 e. The number of ether oxygens (including phenoxy) is 2. The van der Waals surface area contributed by atoms with Crippen molar-refractivity contribution in [3.63, 3.8) is 0 Å². The van der Waals surface area contributed by atoms with Crippen LogP contribution in [0, 0.1) is 11.8 Å². The second-order valence-electron chi connectivity index (χ2n) is 10.7. The monoisotopic (exact) mass is 450 g/mol. The van der Waals surface area contributed by atoms with Gasteiger partial charge in [-0.3, -0.25) is 0 Å². The van der Waals surface area contributed by atoms with Gasteiger partial charge in [0.25, 0.3) is 0 Å². The zero-order chi connectivity index (χ0) is 23.4. The van der Waals surface area contributed by atoms with Gasteiger partial charge in [-0.05, 0) is 55.1 Å². The maximum atomic E-state index is 11.2. The molecule has 1 saturated carbocycles. The van der Waals surface area contributed by atoms with E-state index in [4.69, 9.17) is 13.9 Å². The van der Waals surface area contributed by atoms with Gasteiger partial charge in [0.05, 0.1) is 38.6 Å². The molecule has 0 spiro atoms. The van der Waals surface area contributed by atoms with Crippen LogP contribution in [0.3, 0.4) is 0 Å². The fourth-order valence-electron chi connectivity index (χ4n) is 4.00. The maximum Gasteiger partial charge on any atom is 0.192 e. The van der Waals surface area contributed by atoms with Gasteiger partial charge in [0, 0.05) is 5.92 Å². The Morgan fingerprint density at radius 2 is 1.84 bits per heavy atom. The largest absolute Gasteiger partial charge is 0.497 e. The van der Waals surface area contributed by atoms with Crippen molar-refractivity contribution >= 4 is 8.32 Å². The Kier molecular flexibility index (Phi) is 8.56. The van der Waals surface area contributed by atoms with E-state index >= 15 is 0 Å². The lowest BCUT2D eigenvalue weighted by molar-refractivity contribution is -0.0458. The van der Waals surface area contributed by atoms with E-state index in [0.717, 1.165) is 16.9 Å². The van der Waals surface area contributed by atoms with Crippen LogP contribution in [0.5, 0.6) is 5.75 Å². The summed E-state index contributed by atoms with van der Waals surface area (Å²) in [7, 11) is -0.369. The number of aliphatic hydroxyl groups is 2. The lowest BCUT2D eigenvalue weighted by Crippen LogP contribution is -2.48. The summed E-state index contributed by atoms with van der Waals surface area (Å²) in [6.45, 7) is 16.0. The molecule has 6 heteroatoms. The lowest BCUT2D eigenvalue weighted by atomic mass is 9.89. The highest BCUT2D eigenvalue weighted by molar-refractivity contribution is 6.74. The number of hydrogen-bond donors (Lipinski definition) is 2. The molecule has 1 aromatic carbocycles. The second kappa shape index (κ2) is 10.2. The van der Waals surface area contributed by atoms with Crippen LogP contribution < -0.4 is 4.74 Å². The molecule has 0 bridgehead atoms. The average Bonchev–Trinajstić information content (AvgIpc) is 2.91. The molecule has 1 aliphatic carbocycles. The number of rotatable bonds is 9. The Morgan fingerprint density at radius 1 is 1.23 bits per heavy atom. The smallest absolute Gasteiger partial charge is 0.192 e. The zero-order valence-electron chi connectivity index (χ0n) is 20.6. The van der Waals surface area contributed by atoms with Crippen molar-refractivity contribution in [2.24, 2.45) is 11.8 Å². The molecule has 2 rings (SSSR count). The summed E-state index contributed by atoms with van der Waals surface area (Å²) in [5.74, 6) is 0.734. The molecule has 0 aromatic heterocycles. The molecule has 0 radical (unpaired) electrons. The quantitative estimate of drug-likeness (QED) is 0.412. The molecule has 4 atom stereocenters. The van der Waals surface area contributed by atoms with E-state index in [1.165, 1.54) is 0 Å². The third kappa shape index (κ3) is 6.42.